The van der Waals surface area contributed by atoms with Gasteiger partial charge in [-0.3, -0.25) is 4.79 Å². The van der Waals surface area contributed by atoms with E-state index in [-0.39, 0.29) is 11.1 Å². The molecular formula is C16H15NO3. The molecule has 1 aliphatic rings. The number of aromatic nitrogens is 1. The maximum absolute atomic E-state index is 11.8. The highest BCUT2D eigenvalue weighted by molar-refractivity contribution is 5.87. The molecule has 3 rings (SSSR count). The maximum atomic E-state index is 11.8. The highest BCUT2D eigenvalue weighted by Gasteiger charge is 2.11. The van der Waals surface area contributed by atoms with Crippen molar-refractivity contribution in [3.05, 3.63) is 69.1 Å². The summed E-state index contributed by atoms with van der Waals surface area (Å²) in [5.41, 5.74) is 3.72. The third-order valence-corrected chi connectivity index (χ3v) is 3.75. The standard InChI is InChI=1S/C16H15NO3/c18-15-7-6-14(16(19)20)10-17(15)9-11-4-5-12-2-1-3-13(12)8-11/h4-8,10H,1-3,9H2,(H,19,20). The summed E-state index contributed by atoms with van der Waals surface area (Å²) in [7, 11) is 0. The van der Waals surface area contributed by atoms with Gasteiger partial charge in [0.1, 0.15) is 0 Å². The van der Waals surface area contributed by atoms with E-state index in [4.69, 9.17) is 5.11 Å². The Bertz CT molecular complexity index is 731. The van der Waals surface area contributed by atoms with Gasteiger partial charge < -0.3 is 9.67 Å². The lowest BCUT2D eigenvalue weighted by Crippen LogP contribution is -2.20. The van der Waals surface area contributed by atoms with Crippen LogP contribution in [-0.2, 0) is 19.4 Å². The van der Waals surface area contributed by atoms with Crippen LogP contribution in [0.15, 0.2) is 41.3 Å². The van der Waals surface area contributed by atoms with Gasteiger partial charge >= 0.3 is 5.97 Å². The predicted octanol–water partition coefficient (Wildman–Crippen LogP) is 2.08. The number of aromatic carboxylic acids is 1. The number of carboxylic acids is 1. The van der Waals surface area contributed by atoms with Gasteiger partial charge in [-0.2, -0.15) is 0 Å². The molecule has 0 atom stereocenters. The Balaban J connectivity index is 1.93. The Morgan fingerprint density at radius 2 is 1.95 bits per heavy atom. The van der Waals surface area contributed by atoms with Crippen LogP contribution in [0.4, 0.5) is 0 Å². The minimum atomic E-state index is -1.02. The Morgan fingerprint density at radius 3 is 2.75 bits per heavy atom. The molecule has 1 aliphatic carbocycles. The van der Waals surface area contributed by atoms with Gasteiger partial charge in [0.05, 0.1) is 12.1 Å². The Kier molecular flexibility index (Phi) is 3.14. The summed E-state index contributed by atoms with van der Waals surface area (Å²) >= 11 is 0. The molecule has 0 amide bonds. The van der Waals surface area contributed by atoms with Crippen molar-refractivity contribution in [2.75, 3.05) is 0 Å². The van der Waals surface area contributed by atoms with Crippen molar-refractivity contribution in [2.45, 2.75) is 25.8 Å². The minimum absolute atomic E-state index is 0.130. The van der Waals surface area contributed by atoms with Crippen molar-refractivity contribution in [1.82, 2.24) is 4.57 Å². The largest absolute Gasteiger partial charge is 0.478 e. The number of pyridine rings is 1. The molecule has 0 bridgehead atoms. The molecule has 4 nitrogen and oxygen atoms in total. The first-order chi connectivity index (χ1) is 9.63. The van der Waals surface area contributed by atoms with E-state index in [1.807, 2.05) is 6.07 Å². The van der Waals surface area contributed by atoms with Gasteiger partial charge in [0, 0.05) is 12.3 Å². The summed E-state index contributed by atoms with van der Waals surface area (Å²) < 4.78 is 1.44. The zero-order chi connectivity index (χ0) is 14.1. The first-order valence-electron chi connectivity index (χ1n) is 6.68. The zero-order valence-electron chi connectivity index (χ0n) is 11.0. The number of fused-ring (bicyclic) bond motifs is 1. The van der Waals surface area contributed by atoms with Gasteiger partial charge in [-0.25, -0.2) is 4.79 Å². The van der Waals surface area contributed by atoms with E-state index < -0.39 is 5.97 Å². The molecule has 0 saturated heterocycles. The van der Waals surface area contributed by atoms with Crippen LogP contribution in [0.3, 0.4) is 0 Å². The van der Waals surface area contributed by atoms with E-state index in [2.05, 4.69) is 12.1 Å². The Hall–Kier alpha value is -2.36. The van der Waals surface area contributed by atoms with Gasteiger partial charge in [0.2, 0.25) is 0 Å². The minimum Gasteiger partial charge on any atom is -0.478 e. The van der Waals surface area contributed by atoms with Crippen molar-refractivity contribution >= 4 is 5.97 Å². The van der Waals surface area contributed by atoms with E-state index in [1.165, 1.54) is 40.4 Å². The van der Waals surface area contributed by atoms with Crippen LogP contribution in [0.5, 0.6) is 0 Å². The molecule has 0 unspecified atom stereocenters. The second-order valence-electron chi connectivity index (χ2n) is 5.15. The number of aryl methyl sites for hydroxylation is 2. The highest BCUT2D eigenvalue weighted by Crippen LogP contribution is 2.23. The van der Waals surface area contributed by atoms with Crippen LogP contribution in [0.1, 0.15) is 33.5 Å². The molecule has 0 fully saturated rings. The van der Waals surface area contributed by atoms with Crippen molar-refractivity contribution in [3.63, 3.8) is 0 Å². The fraction of sp³-hybridized carbons (Fsp3) is 0.250. The second-order valence-corrected chi connectivity index (χ2v) is 5.15. The van der Waals surface area contributed by atoms with E-state index in [0.29, 0.717) is 6.54 Å². The highest BCUT2D eigenvalue weighted by atomic mass is 16.4. The summed E-state index contributed by atoms with van der Waals surface area (Å²) in [6.07, 6.45) is 4.81. The zero-order valence-corrected chi connectivity index (χ0v) is 11.0. The Labute approximate surface area is 116 Å². The summed E-state index contributed by atoms with van der Waals surface area (Å²) in [5.74, 6) is -1.02. The number of carbonyl (C=O) groups is 1. The average molecular weight is 269 g/mol. The first kappa shape index (κ1) is 12.7. The van der Waals surface area contributed by atoms with E-state index in [1.54, 1.807) is 0 Å². The van der Waals surface area contributed by atoms with Crippen LogP contribution in [0.25, 0.3) is 0 Å². The van der Waals surface area contributed by atoms with E-state index in [0.717, 1.165) is 18.4 Å². The van der Waals surface area contributed by atoms with Crippen LogP contribution in [0, 0.1) is 0 Å². The topological polar surface area (TPSA) is 59.3 Å². The van der Waals surface area contributed by atoms with E-state index in [9.17, 15) is 9.59 Å². The maximum Gasteiger partial charge on any atom is 0.337 e. The smallest absolute Gasteiger partial charge is 0.337 e. The molecule has 1 aromatic heterocycles. The number of hydrogen-bond donors (Lipinski definition) is 1. The SMILES string of the molecule is O=C(O)c1ccc(=O)n(Cc2ccc3c(c2)CCC3)c1. The van der Waals surface area contributed by atoms with Crippen molar-refractivity contribution in [1.29, 1.82) is 0 Å². The fourth-order valence-corrected chi connectivity index (χ4v) is 2.70. The molecule has 2 aromatic rings. The lowest BCUT2D eigenvalue weighted by molar-refractivity contribution is 0.0696. The normalized spacial score (nSPS) is 13.2. The molecule has 1 N–H and O–H groups in total. The number of hydrogen-bond acceptors (Lipinski definition) is 2. The third-order valence-electron chi connectivity index (χ3n) is 3.75. The summed E-state index contributed by atoms with van der Waals surface area (Å²) in [5, 5.41) is 8.98. The van der Waals surface area contributed by atoms with Crippen molar-refractivity contribution < 1.29 is 9.90 Å². The fourth-order valence-electron chi connectivity index (χ4n) is 2.70. The lowest BCUT2D eigenvalue weighted by atomic mass is 10.1. The lowest BCUT2D eigenvalue weighted by Gasteiger charge is -2.08. The molecule has 0 aliphatic heterocycles. The summed E-state index contributed by atoms with van der Waals surface area (Å²) in [6, 6.07) is 8.90. The molecule has 0 radical (unpaired) electrons. The van der Waals surface area contributed by atoms with Gasteiger partial charge in [0.15, 0.2) is 0 Å². The molecule has 20 heavy (non-hydrogen) atoms. The monoisotopic (exact) mass is 269 g/mol. The first-order valence-corrected chi connectivity index (χ1v) is 6.68. The molecule has 4 heteroatoms. The van der Waals surface area contributed by atoms with Gasteiger partial charge in [0.25, 0.3) is 5.56 Å². The number of benzene rings is 1. The second kappa shape index (κ2) is 4.96. The molecule has 1 heterocycles. The van der Waals surface area contributed by atoms with Gasteiger partial charge in [-0.05, 0) is 42.0 Å². The van der Waals surface area contributed by atoms with Crippen LogP contribution < -0.4 is 5.56 Å². The van der Waals surface area contributed by atoms with E-state index >= 15 is 0 Å². The van der Waals surface area contributed by atoms with Gasteiger partial charge in [-0.15, -0.1) is 0 Å². The Morgan fingerprint density at radius 1 is 1.15 bits per heavy atom. The average Bonchev–Trinajstić information content (AvgIpc) is 2.88. The van der Waals surface area contributed by atoms with Crippen molar-refractivity contribution in [3.8, 4) is 0 Å². The number of carboxylic acid groups (broad SMARTS) is 1. The molecular weight excluding hydrogens is 254 g/mol. The summed E-state index contributed by atoms with van der Waals surface area (Å²) in [6.45, 7) is 0.410. The van der Waals surface area contributed by atoms with Crippen molar-refractivity contribution in [2.24, 2.45) is 0 Å². The van der Waals surface area contributed by atoms with Gasteiger partial charge in [-0.1, -0.05) is 18.2 Å². The van der Waals surface area contributed by atoms with Crippen LogP contribution >= 0.6 is 0 Å². The number of rotatable bonds is 3. The molecule has 0 spiro atoms. The summed E-state index contributed by atoms with van der Waals surface area (Å²) in [4.78, 5) is 22.8. The predicted molar refractivity (Wildman–Crippen MR) is 75.2 cm³/mol. The molecule has 0 saturated carbocycles. The van der Waals surface area contributed by atoms with Crippen LogP contribution in [-0.4, -0.2) is 15.6 Å². The van der Waals surface area contributed by atoms with Crippen LogP contribution in [0.2, 0.25) is 0 Å². The molecule has 1 aromatic carbocycles. The third kappa shape index (κ3) is 2.37. The quantitative estimate of drug-likeness (QED) is 0.928. The molecule has 102 valence electrons. The number of nitrogens with zero attached hydrogens (tertiary/aromatic N) is 1.